The quantitative estimate of drug-likeness (QED) is 0.362. The first-order valence-electron chi connectivity index (χ1n) is 10.3. The van der Waals surface area contributed by atoms with E-state index < -0.39 is 0 Å². The van der Waals surface area contributed by atoms with Crippen LogP contribution in [0.1, 0.15) is 15.9 Å². The fraction of sp³-hybridized carbons (Fsp3) is 0.0400. The summed E-state index contributed by atoms with van der Waals surface area (Å²) >= 11 is 12.6. The van der Waals surface area contributed by atoms with E-state index >= 15 is 0 Å². The molecular weight excluding hydrogens is 473 g/mol. The van der Waals surface area contributed by atoms with Crippen LogP contribution in [0.4, 0.5) is 0 Å². The Bertz CT molecular complexity index is 1560. The molecule has 0 spiro atoms. The van der Waals surface area contributed by atoms with E-state index in [0.29, 0.717) is 43.5 Å². The van der Waals surface area contributed by atoms with Crippen LogP contribution in [-0.4, -0.2) is 25.7 Å². The Kier molecular flexibility index (Phi) is 5.88. The maximum Gasteiger partial charge on any atom is 0.253 e. The molecule has 2 aromatic carbocycles. The van der Waals surface area contributed by atoms with E-state index in [9.17, 15) is 9.59 Å². The largest absolute Gasteiger partial charge is 0.348 e. The molecule has 0 saturated heterocycles. The Morgan fingerprint density at radius 1 is 1.06 bits per heavy atom. The molecule has 9 heteroatoms. The molecule has 5 aromatic rings. The molecule has 0 radical (unpaired) electrons. The van der Waals surface area contributed by atoms with Gasteiger partial charge in [0.05, 0.1) is 33.7 Å². The van der Waals surface area contributed by atoms with Crippen molar-refractivity contribution >= 4 is 40.0 Å². The molecule has 0 aliphatic carbocycles. The monoisotopic (exact) mass is 489 g/mol. The summed E-state index contributed by atoms with van der Waals surface area (Å²) in [4.78, 5) is 30.2. The number of pyridine rings is 2. The highest BCUT2D eigenvalue weighted by Crippen LogP contribution is 2.26. The number of rotatable bonds is 5. The van der Waals surface area contributed by atoms with Crippen molar-refractivity contribution in [2.45, 2.75) is 6.54 Å². The average Bonchev–Trinajstić information content (AvgIpc) is 3.39. The molecule has 0 atom stereocenters. The molecule has 3 aromatic heterocycles. The third-order valence-corrected chi connectivity index (χ3v) is 5.97. The lowest BCUT2D eigenvalue weighted by Crippen LogP contribution is -2.27. The third kappa shape index (κ3) is 4.19. The number of hydrogen-bond donors (Lipinski definition) is 2. The van der Waals surface area contributed by atoms with Crippen molar-refractivity contribution in [1.82, 2.24) is 25.1 Å². The molecule has 1 amide bonds. The number of hydrogen-bond acceptors (Lipinski definition) is 4. The number of nitrogens with one attached hydrogen (secondary N) is 2. The fourth-order valence-electron chi connectivity index (χ4n) is 3.69. The number of benzene rings is 2. The second kappa shape index (κ2) is 9.13. The van der Waals surface area contributed by atoms with Gasteiger partial charge >= 0.3 is 0 Å². The molecule has 2 N–H and O–H groups in total. The molecule has 0 aliphatic rings. The van der Waals surface area contributed by atoms with Crippen molar-refractivity contribution in [2.24, 2.45) is 0 Å². The van der Waals surface area contributed by atoms with Crippen LogP contribution in [0, 0.1) is 0 Å². The summed E-state index contributed by atoms with van der Waals surface area (Å²) in [5.74, 6) is -0.342. The highest BCUT2D eigenvalue weighted by molar-refractivity contribution is 6.32. The van der Waals surface area contributed by atoms with E-state index in [1.165, 1.54) is 6.20 Å². The molecule has 3 heterocycles. The summed E-state index contributed by atoms with van der Waals surface area (Å²) in [7, 11) is 0. The molecule has 0 fully saturated rings. The molecule has 5 rings (SSSR count). The molecule has 34 heavy (non-hydrogen) atoms. The predicted molar refractivity (Wildman–Crippen MR) is 133 cm³/mol. The Balaban J connectivity index is 1.46. The molecule has 7 nitrogen and oxygen atoms in total. The molecule has 0 bridgehead atoms. The standard InChI is InChI=1S/C25H17Cl2N5O2/c26-18-6-7-19-23(9-18)32(22-4-2-1-3-20(22)27)14-17(24(19)33)11-29-25(34)15-5-8-21(28-10-15)16-12-30-31-13-16/h1-10,12-14H,11H2,(H,29,34)(H,30,31). The zero-order valence-corrected chi connectivity index (χ0v) is 19.1. The summed E-state index contributed by atoms with van der Waals surface area (Å²) in [6.45, 7) is 0.0319. The van der Waals surface area contributed by atoms with Gasteiger partial charge in [-0.3, -0.25) is 19.7 Å². The minimum atomic E-state index is -0.342. The Morgan fingerprint density at radius 3 is 2.65 bits per heavy atom. The summed E-state index contributed by atoms with van der Waals surface area (Å²) in [5.41, 5.74) is 3.44. The smallest absolute Gasteiger partial charge is 0.253 e. The first-order valence-corrected chi connectivity index (χ1v) is 11.1. The van der Waals surface area contributed by atoms with Crippen LogP contribution in [0.25, 0.3) is 27.8 Å². The van der Waals surface area contributed by atoms with Gasteiger partial charge in [0, 0.05) is 46.7 Å². The number of carbonyl (C=O) groups is 1. The van der Waals surface area contributed by atoms with Gasteiger partial charge in [-0.15, -0.1) is 0 Å². The van der Waals surface area contributed by atoms with Crippen LogP contribution in [0.15, 0.2) is 84.2 Å². The summed E-state index contributed by atoms with van der Waals surface area (Å²) in [5, 5.41) is 10.9. The topological polar surface area (TPSA) is 92.7 Å². The average molecular weight is 490 g/mol. The third-order valence-electron chi connectivity index (χ3n) is 5.41. The minimum absolute atomic E-state index is 0.0319. The van der Waals surface area contributed by atoms with Crippen LogP contribution in [0.2, 0.25) is 10.0 Å². The number of carbonyl (C=O) groups excluding carboxylic acids is 1. The summed E-state index contributed by atoms with van der Waals surface area (Å²) in [6.07, 6.45) is 6.54. The molecular formula is C25H17Cl2N5O2. The maximum absolute atomic E-state index is 13.2. The van der Waals surface area contributed by atoms with Gasteiger partial charge in [-0.2, -0.15) is 5.10 Å². The maximum atomic E-state index is 13.2. The summed E-state index contributed by atoms with van der Waals surface area (Å²) < 4.78 is 1.81. The first kappa shape index (κ1) is 21.9. The lowest BCUT2D eigenvalue weighted by molar-refractivity contribution is 0.0950. The van der Waals surface area contributed by atoms with E-state index in [1.54, 1.807) is 55.0 Å². The first-order chi connectivity index (χ1) is 16.5. The fourth-order valence-corrected chi connectivity index (χ4v) is 4.09. The van der Waals surface area contributed by atoms with Gasteiger partial charge in [0.15, 0.2) is 5.43 Å². The predicted octanol–water partition coefficient (Wildman–Crippen LogP) is 5.01. The number of H-pyrrole nitrogens is 1. The Labute approximate surface area is 204 Å². The van der Waals surface area contributed by atoms with E-state index in [2.05, 4.69) is 20.5 Å². The molecule has 168 valence electrons. The number of aromatic amines is 1. The molecule has 0 unspecified atom stereocenters. The second-order valence-electron chi connectivity index (χ2n) is 7.57. The van der Waals surface area contributed by atoms with E-state index in [4.69, 9.17) is 23.2 Å². The highest BCUT2D eigenvalue weighted by Gasteiger charge is 2.14. The van der Waals surface area contributed by atoms with Crippen molar-refractivity contribution in [3.63, 3.8) is 0 Å². The van der Waals surface area contributed by atoms with E-state index in [1.807, 2.05) is 22.8 Å². The van der Waals surface area contributed by atoms with Crippen molar-refractivity contribution in [3.8, 4) is 16.9 Å². The zero-order valence-electron chi connectivity index (χ0n) is 17.6. The van der Waals surface area contributed by atoms with Gasteiger partial charge < -0.3 is 9.88 Å². The van der Waals surface area contributed by atoms with Gasteiger partial charge in [-0.1, -0.05) is 35.3 Å². The number of halogens is 2. The Hall–Kier alpha value is -3.94. The molecule has 0 saturated carbocycles. The van der Waals surface area contributed by atoms with Gasteiger partial charge in [-0.25, -0.2) is 0 Å². The van der Waals surface area contributed by atoms with Gasteiger partial charge in [0.1, 0.15) is 0 Å². The van der Waals surface area contributed by atoms with Crippen LogP contribution in [-0.2, 0) is 6.54 Å². The van der Waals surface area contributed by atoms with Crippen LogP contribution in [0.5, 0.6) is 0 Å². The summed E-state index contributed by atoms with van der Waals surface area (Å²) in [6, 6.07) is 15.8. The lowest BCUT2D eigenvalue weighted by Gasteiger charge is -2.15. The van der Waals surface area contributed by atoms with Crippen LogP contribution < -0.4 is 10.7 Å². The SMILES string of the molecule is O=C(NCc1cn(-c2ccccc2Cl)c2cc(Cl)ccc2c1=O)c1ccc(-c2cn[nH]c2)nc1. The number of para-hydroxylation sites is 1. The van der Waals surface area contributed by atoms with Crippen LogP contribution in [0.3, 0.4) is 0 Å². The van der Waals surface area contributed by atoms with Gasteiger partial charge in [-0.05, 0) is 42.5 Å². The normalized spacial score (nSPS) is 11.0. The van der Waals surface area contributed by atoms with Crippen molar-refractivity contribution < 1.29 is 4.79 Å². The number of aromatic nitrogens is 4. The van der Waals surface area contributed by atoms with E-state index in [0.717, 1.165) is 5.56 Å². The minimum Gasteiger partial charge on any atom is -0.348 e. The Morgan fingerprint density at radius 2 is 1.91 bits per heavy atom. The second-order valence-corrected chi connectivity index (χ2v) is 8.41. The van der Waals surface area contributed by atoms with Crippen molar-refractivity contribution in [3.05, 3.63) is 111 Å². The van der Waals surface area contributed by atoms with Gasteiger partial charge in [0.2, 0.25) is 0 Å². The van der Waals surface area contributed by atoms with Crippen LogP contribution >= 0.6 is 23.2 Å². The van der Waals surface area contributed by atoms with Crippen molar-refractivity contribution in [2.75, 3.05) is 0 Å². The molecule has 0 aliphatic heterocycles. The lowest BCUT2D eigenvalue weighted by atomic mass is 10.1. The number of nitrogens with zero attached hydrogens (tertiary/aromatic N) is 3. The zero-order chi connectivity index (χ0) is 23.7. The van der Waals surface area contributed by atoms with E-state index in [-0.39, 0.29) is 17.9 Å². The van der Waals surface area contributed by atoms with Crippen molar-refractivity contribution in [1.29, 1.82) is 0 Å². The highest BCUT2D eigenvalue weighted by atomic mass is 35.5. The number of amides is 1. The number of fused-ring (bicyclic) bond motifs is 1. The van der Waals surface area contributed by atoms with Gasteiger partial charge in [0.25, 0.3) is 5.91 Å².